The van der Waals surface area contributed by atoms with Crippen molar-refractivity contribution >= 4 is 11.8 Å². The molecule has 1 N–H and O–H groups in total. The predicted molar refractivity (Wildman–Crippen MR) is 48.9 cm³/mol. The molecule has 2 atom stereocenters. The second-order valence-corrected chi connectivity index (χ2v) is 4.29. The minimum absolute atomic E-state index is 0.0405. The van der Waals surface area contributed by atoms with E-state index in [0.717, 1.165) is 5.75 Å². The molecule has 1 aliphatic heterocycles. The highest BCUT2D eigenvalue weighted by Crippen LogP contribution is 2.17. The molecule has 1 nitrogen and oxygen atoms in total. The molecule has 3 heteroatoms. The van der Waals surface area contributed by atoms with E-state index in [1.54, 1.807) is 0 Å². The zero-order valence-corrected chi connectivity index (χ0v) is 7.79. The van der Waals surface area contributed by atoms with Crippen molar-refractivity contribution in [2.75, 3.05) is 18.2 Å². The Morgan fingerprint density at radius 1 is 1.73 bits per heavy atom. The molecule has 1 fully saturated rings. The van der Waals surface area contributed by atoms with Gasteiger partial charge in [0.05, 0.1) is 0 Å². The van der Waals surface area contributed by atoms with E-state index < -0.39 is 0 Å². The minimum atomic E-state index is -0.249. The van der Waals surface area contributed by atoms with Crippen LogP contribution in [0.15, 0.2) is 0 Å². The summed E-state index contributed by atoms with van der Waals surface area (Å²) in [6.45, 7) is 1.65. The maximum Gasteiger partial charge on any atom is 0.104 e. The van der Waals surface area contributed by atoms with Crippen molar-refractivity contribution in [3.63, 3.8) is 0 Å². The van der Waals surface area contributed by atoms with Crippen LogP contribution in [0.5, 0.6) is 0 Å². The Bertz CT molecular complexity index is 104. The van der Waals surface area contributed by atoms with Crippen LogP contribution >= 0.6 is 11.8 Å². The monoisotopic (exact) mass is 177 g/mol. The Labute approximate surface area is 72.1 Å². The lowest BCUT2D eigenvalue weighted by Crippen LogP contribution is -2.40. The molecule has 1 aliphatic rings. The molecule has 0 bridgehead atoms. The fourth-order valence-corrected chi connectivity index (χ4v) is 2.40. The average Bonchev–Trinajstić information content (AvgIpc) is 2.06. The van der Waals surface area contributed by atoms with Gasteiger partial charge in [0.15, 0.2) is 0 Å². The molecule has 1 saturated heterocycles. The average molecular weight is 177 g/mol. The smallest absolute Gasteiger partial charge is 0.104 e. The highest BCUT2D eigenvalue weighted by atomic mass is 32.2. The molecule has 0 aromatic carbocycles. The summed E-state index contributed by atoms with van der Waals surface area (Å²) < 4.78 is 12.1. The Morgan fingerprint density at radius 3 is 3.09 bits per heavy atom. The molecule has 0 aromatic heterocycles. The van der Waals surface area contributed by atoms with Crippen molar-refractivity contribution in [2.45, 2.75) is 31.8 Å². The van der Waals surface area contributed by atoms with Gasteiger partial charge >= 0.3 is 0 Å². The number of halogens is 1. The molecule has 1 heterocycles. The molecule has 0 saturated carbocycles. The summed E-state index contributed by atoms with van der Waals surface area (Å²) in [5, 5.41) is 3.27. The van der Waals surface area contributed by atoms with Gasteiger partial charge in [0.1, 0.15) is 6.67 Å². The van der Waals surface area contributed by atoms with Crippen LogP contribution in [0.3, 0.4) is 0 Å². The van der Waals surface area contributed by atoms with E-state index in [0.29, 0.717) is 6.04 Å². The van der Waals surface area contributed by atoms with Gasteiger partial charge in [-0.15, -0.1) is 0 Å². The van der Waals surface area contributed by atoms with Crippen LogP contribution in [0.2, 0.25) is 0 Å². The number of hydrogen-bond donors (Lipinski definition) is 1. The molecule has 0 amide bonds. The lowest BCUT2D eigenvalue weighted by atomic mass is 10.1. The highest BCUT2D eigenvalue weighted by Gasteiger charge is 2.14. The third-order valence-electron chi connectivity index (χ3n) is 1.91. The molecule has 1 rings (SSSR count). The van der Waals surface area contributed by atoms with Gasteiger partial charge in [0.2, 0.25) is 0 Å². The van der Waals surface area contributed by atoms with E-state index in [1.807, 2.05) is 18.7 Å². The van der Waals surface area contributed by atoms with E-state index in [-0.39, 0.29) is 12.7 Å². The first kappa shape index (κ1) is 9.33. The van der Waals surface area contributed by atoms with Crippen molar-refractivity contribution in [1.29, 1.82) is 0 Å². The van der Waals surface area contributed by atoms with Gasteiger partial charge in [-0.1, -0.05) is 0 Å². The molecule has 0 radical (unpaired) electrons. The fraction of sp³-hybridized carbons (Fsp3) is 1.00. The second kappa shape index (κ2) is 4.99. The second-order valence-electron chi connectivity index (χ2n) is 3.14. The number of thioether (sulfide) groups is 1. The van der Waals surface area contributed by atoms with Crippen molar-refractivity contribution in [2.24, 2.45) is 0 Å². The minimum Gasteiger partial charge on any atom is -0.308 e. The Morgan fingerprint density at radius 2 is 2.55 bits per heavy atom. The van der Waals surface area contributed by atoms with E-state index in [1.165, 1.54) is 18.6 Å². The molecular weight excluding hydrogens is 161 g/mol. The number of hydrogen-bond acceptors (Lipinski definition) is 2. The molecule has 0 spiro atoms. The van der Waals surface area contributed by atoms with Gasteiger partial charge in [-0.2, -0.15) is 11.8 Å². The third-order valence-corrected chi connectivity index (χ3v) is 3.13. The van der Waals surface area contributed by atoms with Crippen molar-refractivity contribution in [1.82, 2.24) is 5.32 Å². The van der Waals surface area contributed by atoms with Crippen LogP contribution in [-0.4, -0.2) is 30.3 Å². The first-order chi connectivity index (χ1) is 5.33. The predicted octanol–water partition coefficient (Wildman–Crippen LogP) is 1.83. The Balaban J connectivity index is 2.13. The summed E-state index contributed by atoms with van der Waals surface area (Å²) in [4.78, 5) is 0. The van der Waals surface area contributed by atoms with E-state index in [9.17, 15) is 4.39 Å². The molecule has 1 unspecified atom stereocenters. The van der Waals surface area contributed by atoms with Crippen molar-refractivity contribution < 1.29 is 4.39 Å². The normalized spacial score (nSPS) is 28.4. The number of nitrogens with one attached hydrogen (secondary N) is 1. The van der Waals surface area contributed by atoms with Crippen molar-refractivity contribution in [3.8, 4) is 0 Å². The van der Waals surface area contributed by atoms with Crippen LogP contribution in [0.4, 0.5) is 4.39 Å². The fourth-order valence-electron chi connectivity index (χ4n) is 1.32. The third kappa shape index (κ3) is 3.43. The zero-order chi connectivity index (χ0) is 8.10. The molecular formula is C8H16FNS. The topological polar surface area (TPSA) is 12.0 Å². The summed E-state index contributed by atoms with van der Waals surface area (Å²) in [5.74, 6) is 2.44. The summed E-state index contributed by atoms with van der Waals surface area (Å²) in [6, 6.07) is 0.596. The quantitative estimate of drug-likeness (QED) is 0.706. The lowest BCUT2D eigenvalue weighted by Gasteiger charge is -2.24. The highest BCUT2D eigenvalue weighted by molar-refractivity contribution is 7.99. The van der Waals surface area contributed by atoms with Gasteiger partial charge in [-0.05, 0) is 25.5 Å². The van der Waals surface area contributed by atoms with E-state index in [2.05, 4.69) is 5.32 Å². The van der Waals surface area contributed by atoms with Gasteiger partial charge in [-0.3, -0.25) is 0 Å². The van der Waals surface area contributed by atoms with Crippen LogP contribution in [-0.2, 0) is 0 Å². The Kier molecular flexibility index (Phi) is 4.23. The van der Waals surface area contributed by atoms with Crippen LogP contribution in [0, 0.1) is 0 Å². The van der Waals surface area contributed by atoms with E-state index >= 15 is 0 Å². The SMILES string of the molecule is C[C@@H](CF)NC1CCCSC1. The largest absolute Gasteiger partial charge is 0.308 e. The first-order valence-corrected chi connectivity index (χ1v) is 5.38. The maximum absolute atomic E-state index is 12.1. The molecule has 0 aromatic rings. The van der Waals surface area contributed by atoms with Gasteiger partial charge in [0.25, 0.3) is 0 Å². The summed E-state index contributed by atoms with van der Waals surface area (Å²) in [6.07, 6.45) is 2.50. The van der Waals surface area contributed by atoms with Gasteiger partial charge in [0, 0.05) is 17.8 Å². The van der Waals surface area contributed by atoms with Gasteiger partial charge in [-0.25, -0.2) is 4.39 Å². The van der Waals surface area contributed by atoms with Crippen LogP contribution in [0.1, 0.15) is 19.8 Å². The van der Waals surface area contributed by atoms with Crippen LogP contribution in [0.25, 0.3) is 0 Å². The summed E-state index contributed by atoms with van der Waals surface area (Å²) >= 11 is 1.97. The standard InChI is InChI=1S/C8H16FNS/c1-7(5-9)10-8-3-2-4-11-6-8/h7-8,10H,2-6H2,1H3/t7-,8?/m0/s1. The molecule has 66 valence electrons. The lowest BCUT2D eigenvalue weighted by molar-refractivity contribution is 0.357. The zero-order valence-electron chi connectivity index (χ0n) is 6.98. The number of alkyl halides is 1. The molecule has 0 aliphatic carbocycles. The van der Waals surface area contributed by atoms with Crippen molar-refractivity contribution in [3.05, 3.63) is 0 Å². The summed E-state index contributed by atoms with van der Waals surface area (Å²) in [5.41, 5.74) is 0. The van der Waals surface area contributed by atoms with Crippen LogP contribution < -0.4 is 5.32 Å². The molecule has 11 heavy (non-hydrogen) atoms. The Hall–Kier alpha value is 0.240. The summed E-state index contributed by atoms with van der Waals surface area (Å²) in [7, 11) is 0. The van der Waals surface area contributed by atoms with Gasteiger partial charge < -0.3 is 5.32 Å². The number of rotatable bonds is 3. The first-order valence-electron chi connectivity index (χ1n) is 4.22. The maximum atomic E-state index is 12.1. The van der Waals surface area contributed by atoms with E-state index in [4.69, 9.17) is 0 Å².